The van der Waals surface area contributed by atoms with Crippen LogP contribution < -0.4 is 0 Å². The molecule has 11 heteroatoms. The van der Waals surface area contributed by atoms with E-state index >= 15 is 0 Å². The van der Waals surface area contributed by atoms with Gasteiger partial charge in [-0.05, 0) is 59.8 Å². The molecule has 2 saturated carbocycles. The molecule has 2 fully saturated rings. The van der Waals surface area contributed by atoms with Gasteiger partial charge in [-0.2, -0.15) is 8.78 Å². The molecule has 0 bridgehead atoms. The van der Waals surface area contributed by atoms with Crippen LogP contribution in [-0.2, 0) is 33.5 Å². The fraction of sp³-hybridized carbons (Fsp3) is 0.552. The van der Waals surface area contributed by atoms with Gasteiger partial charge in [-0.15, -0.1) is 0 Å². The molecular formula is C29H34F2N2O7. The van der Waals surface area contributed by atoms with Crippen LogP contribution in [0.3, 0.4) is 0 Å². The molecule has 4 rings (SSSR count). The minimum atomic E-state index is -1.10. The highest BCUT2D eigenvalue weighted by atomic mass is 19.1. The van der Waals surface area contributed by atoms with Crippen LogP contribution >= 0.6 is 0 Å². The molecule has 216 valence electrons. The topological polar surface area (TPSA) is 122 Å². The third-order valence-corrected chi connectivity index (χ3v) is 8.64. The summed E-state index contributed by atoms with van der Waals surface area (Å²) in [5, 5.41) is 22.8. The fourth-order valence-corrected chi connectivity index (χ4v) is 6.37. The highest BCUT2D eigenvalue weighted by molar-refractivity contribution is 5.60. The molecule has 0 aliphatic heterocycles. The normalized spacial score (nSPS) is 18.1. The van der Waals surface area contributed by atoms with Gasteiger partial charge in [0.25, 0.3) is 0 Å². The van der Waals surface area contributed by atoms with Crippen molar-refractivity contribution < 1.29 is 32.9 Å². The Morgan fingerprint density at radius 2 is 1.07 bits per heavy atom. The molecule has 0 N–H and O–H groups in total. The lowest BCUT2D eigenvalue weighted by molar-refractivity contribution is -0.387. The summed E-state index contributed by atoms with van der Waals surface area (Å²) in [6.45, 7) is 3.20. The first-order chi connectivity index (χ1) is 18.9. The Bertz CT molecular complexity index is 1200. The van der Waals surface area contributed by atoms with E-state index in [9.17, 15) is 33.8 Å². The van der Waals surface area contributed by atoms with E-state index in [0.717, 1.165) is 76.3 Å². The van der Waals surface area contributed by atoms with Crippen LogP contribution in [-0.4, -0.2) is 16.0 Å². The van der Waals surface area contributed by atoms with Crippen molar-refractivity contribution in [1.82, 2.24) is 0 Å². The number of halogens is 2. The standard InChI is InChI=1S/C29H34F2N2O7/c1-28(9-5-3-6-10-28)21-15-23(30)25(32(35)36)13-19(21)17-39-27(34)40-18-20-14-26(33(37)38)24(31)16-22(20)29(2)11-7-4-8-12-29/h13-16H,3-12,17-18H2,1-2H3. The average molecular weight is 561 g/mol. The van der Waals surface area contributed by atoms with Crippen molar-refractivity contribution in [3.05, 3.63) is 78.4 Å². The maximum atomic E-state index is 14.6. The van der Waals surface area contributed by atoms with Crippen LogP contribution in [0.2, 0.25) is 0 Å². The van der Waals surface area contributed by atoms with Crippen LogP contribution in [0.4, 0.5) is 25.0 Å². The quantitative estimate of drug-likeness (QED) is 0.182. The highest BCUT2D eigenvalue weighted by Gasteiger charge is 2.35. The predicted octanol–water partition coefficient (Wildman–Crippen LogP) is 8.08. The number of nitro benzene ring substituents is 2. The van der Waals surface area contributed by atoms with E-state index in [4.69, 9.17) is 9.47 Å². The molecule has 0 heterocycles. The van der Waals surface area contributed by atoms with Crippen molar-refractivity contribution in [3.8, 4) is 0 Å². The van der Waals surface area contributed by atoms with Crippen molar-refractivity contribution in [2.75, 3.05) is 0 Å². The average Bonchev–Trinajstić information content (AvgIpc) is 2.91. The Hall–Kier alpha value is -3.63. The molecule has 9 nitrogen and oxygen atoms in total. The first-order valence-corrected chi connectivity index (χ1v) is 13.7. The third kappa shape index (κ3) is 6.23. The first kappa shape index (κ1) is 29.4. The molecular weight excluding hydrogens is 526 g/mol. The highest BCUT2D eigenvalue weighted by Crippen LogP contribution is 2.43. The number of nitro groups is 2. The number of hydrogen-bond donors (Lipinski definition) is 0. The number of nitrogens with zero attached hydrogens (tertiary/aromatic N) is 2. The van der Waals surface area contributed by atoms with Crippen molar-refractivity contribution in [2.45, 2.75) is 102 Å². The fourth-order valence-electron chi connectivity index (χ4n) is 6.37. The summed E-state index contributed by atoms with van der Waals surface area (Å²) < 4.78 is 39.8. The zero-order valence-corrected chi connectivity index (χ0v) is 22.8. The van der Waals surface area contributed by atoms with E-state index in [1.807, 2.05) is 13.8 Å². The maximum Gasteiger partial charge on any atom is 0.508 e. The Labute approximate surface area is 231 Å². The molecule has 0 amide bonds. The van der Waals surface area contributed by atoms with Gasteiger partial charge in [0, 0.05) is 23.3 Å². The van der Waals surface area contributed by atoms with Gasteiger partial charge in [-0.3, -0.25) is 20.2 Å². The summed E-state index contributed by atoms with van der Waals surface area (Å²) >= 11 is 0. The molecule has 0 radical (unpaired) electrons. The molecule has 2 aliphatic carbocycles. The third-order valence-electron chi connectivity index (χ3n) is 8.64. The van der Waals surface area contributed by atoms with Gasteiger partial charge >= 0.3 is 17.5 Å². The number of hydrogen-bond acceptors (Lipinski definition) is 7. The van der Waals surface area contributed by atoms with Crippen LogP contribution in [0.15, 0.2) is 24.3 Å². The summed E-state index contributed by atoms with van der Waals surface area (Å²) in [5.41, 5.74) is -0.500. The summed E-state index contributed by atoms with van der Waals surface area (Å²) in [6, 6.07) is 4.54. The molecule has 0 saturated heterocycles. The minimum Gasteiger partial charge on any atom is -0.429 e. The Morgan fingerprint density at radius 3 is 1.40 bits per heavy atom. The zero-order valence-electron chi connectivity index (χ0n) is 22.8. The molecule has 40 heavy (non-hydrogen) atoms. The number of carbonyl (C=O) groups is 1. The van der Waals surface area contributed by atoms with E-state index in [2.05, 4.69) is 0 Å². The van der Waals surface area contributed by atoms with E-state index in [1.165, 1.54) is 12.1 Å². The van der Waals surface area contributed by atoms with Gasteiger partial charge in [0.1, 0.15) is 13.2 Å². The SMILES string of the molecule is CC1(c2cc(F)c([N+](=O)[O-])cc2COC(=O)OCc2cc([N+](=O)[O-])c(F)cc2C2(C)CCCCC2)CCCCC1. The van der Waals surface area contributed by atoms with Crippen molar-refractivity contribution in [2.24, 2.45) is 0 Å². The number of carbonyl (C=O) groups excluding carboxylic acids is 1. The van der Waals surface area contributed by atoms with Crippen LogP contribution in [0.1, 0.15) is 100 Å². The zero-order chi connectivity index (χ0) is 29.1. The minimum absolute atomic E-state index is 0.322. The predicted molar refractivity (Wildman–Crippen MR) is 142 cm³/mol. The molecule has 0 atom stereocenters. The number of benzene rings is 2. The van der Waals surface area contributed by atoms with E-state index in [1.54, 1.807) is 0 Å². The lowest BCUT2D eigenvalue weighted by Crippen LogP contribution is -2.27. The molecule has 2 aromatic carbocycles. The molecule has 0 spiro atoms. The van der Waals surface area contributed by atoms with Crippen LogP contribution in [0.5, 0.6) is 0 Å². The summed E-state index contributed by atoms with van der Waals surface area (Å²) in [6.07, 6.45) is 7.81. The summed E-state index contributed by atoms with van der Waals surface area (Å²) in [5.74, 6) is -1.89. The second-order valence-corrected chi connectivity index (χ2v) is 11.5. The van der Waals surface area contributed by atoms with Crippen LogP contribution in [0, 0.1) is 31.9 Å². The smallest absolute Gasteiger partial charge is 0.429 e. The summed E-state index contributed by atoms with van der Waals surface area (Å²) in [4.78, 5) is 33.8. The maximum absolute atomic E-state index is 14.6. The first-order valence-electron chi connectivity index (χ1n) is 13.7. The van der Waals surface area contributed by atoms with Gasteiger partial charge in [-0.1, -0.05) is 52.4 Å². The Kier molecular flexibility index (Phi) is 8.70. The Balaban J connectivity index is 1.54. The second-order valence-electron chi connectivity index (χ2n) is 11.5. The van der Waals surface area contributed by atoms with E-state index < -0.39 is 49.8 Å². The monoisotopic (exact) mass is 560 g/mol. The van der Waals surface area contributed by atoms with Crippen molar-refractivity contribution >= 4 is 17.5 Å². The van der Waals surface area contributed by atoms with Gasteiger partial charge in [-0.25, -0.2) is 4.79 Å². The van der Waals surface area contributed by atoms with Crippen molar-refractivity contribution in [3.63, 3.8) is 0 Å². The molecule has 2 aliphatic rings. The van der Waals surface area contributed by atoms with Gasteiger partial charge < -0.3 is 9.47 Å². The number of ether oxygens (including phenoxy) is 2. The largest absolute Gasteiger partial charge is 0.508 e. The lowest BCUT2D eigenvalue weighted by Gasteiger charge is -2.35. The van der Waals surface area contributed by atoms with Gasteiger partial charge in [0.15, 0.2) is 0 Å². The second kappa shape index (κ2) is 11.9. The lowest BCUT2D eigenvalue weighted by atomic mass is 9.69. The van der Waals surface area contributed by atoms with Crippen molar-refractivity contribution in [1.29, 1.82) is 0 Å². The summed E-state index contributed by atoms with van der Waals surface area (Å²) in [7, 11) is 0. The number of rotatable bonds is 8. The molecule has 0 unspecified atom stereocenters. The van der Waals surface area contributed by atoms with E-state index in [-0.39, 0.29) is 13.2 Å². The van der Waals surface area contributed by atoms with Gasteiger partial charge in [0.2, 0.25) is 11.6 Å². The molecule has 0 aromatic heterocycles. The van der Waals surface area contributed by atoms with E-state index in [0.29, 0.717) is 22.3 Å². The van der Waals surface area contributed by atoms with Crippen LogP contribution in [0.25, 0.3) is 0 Å². The molecule has 2 aromatic rings. The van der Waals surface area contributed by atoms with Gasteiger partial charge in [0.05, 0.1) is 9.85 Å². The Morgan fingerprint density at radius 1 is 0.725 bits per heavy atom.